The summed E-state index contributed by atoms with van der Waals surface area (Å²) in [5.74, 6) is 1.45. The van der Waals surface area contributed by atoms with Crippen molar-refractivity contribution in [3.05, 3.63) is 65.9 Å². The van der Waals surface area contributed by atoms with Crippen molar-refractivity contribution < 1.29 is 18.3 Å². The number of aryl methyl sites for hydroxylation is 1. The smallest absolute Gasteiger partial charge is 0.145 e. The van der Waals surface area contributed by atoms with Crippen molar-refractivity contribution in [3.8, 4) is 11.5 Å². The minimum absolute atomic E-state index is 0.237. The molecule has 1 aliphatic heterocycles. The van der Waals surface area contributed by atoms with Crippen LogP contribution in [0.4, 0.5) is 8.78 Å². The molecule has 0 amide bonds. The van der Waals surface area contributed by atoms with E-state index in [1.54, 1.807) is 19.2 Å². The SMILES string of the molecule is COc1ccc2ncc(F)c(CCCC3CCN(CCOc4cccc(F)c4)CC3)c2c1. The lowest BCUT2D eigenvalue weighted by molar-refractivity contribution is 0.150. The van der Waals surface area contributed by atoms with Gasteiger partial charge in [-0.1, -0.05) is 12.5 Å². The summed E-state index contributed by atoms with van der Waals surface area (Å²) < 4.78 is 38.7. The van der Waals surface area contributed by atoms with Gasteiger partial charge >= 0.3 is 0 Å². The van der Waals surface area contributed by atoms with E-state index in [2.05, 4.69) is 9.88 Å². The molecule has 170 valence electrons. The van der Waals surface area contributed by atoms with Gasteiger partial charge in [-0.2, -0.15) is 0 Å². The Morgan fingerprint density at radius 1 is 1.06 bits per heavy atom. The number of methoxy groups -OCH3 is 1. The monoisotopic (exact) mass is 440 g/mol. The van der Waals surface area contributed by atoms with E-state index >= 15 is 0 Å². The molecule has 0 saturated carbocycles. The van der Waals surface area contributed by atoms with Gasteiger partial charge in [-0.15, -0.1) is 0 Å². The maximum Gasteiger partial charge on any atom is 0.145 e. The molecule has 4 nitrogen and oxygen atoms in total. The number of aromatic nitrogens is 1. The average molecular weight is 441 g/mol. The van der Waals surface area contributed by atoms with Gasteiger partial charge in [0.05, 0.1) is 18.8 Å². The summed E-state index contributed by atoms with van der Waals surface area (Å²) in [4.78, 5) is 6.61. The number of rotatable bonds is 9. The highest BCUT2D eigenvalue weighted by Gasteiger charge is 2.19. The van der Waals surface area contributed by atoms with Gasteiger partial charge in [-0.05, 0) is 80.6 Å². The topological polar surface area (TPSA) is 34.6 Å². The van der Waals surface area contributed by atoms with Crippen LogP contribution in [0.3, 0.4) is 0 Å². The lowest BCUT2D eigenvalue weighted by Gasteiger charge is -2.31. The van der Waals surface area contributed by atoms with Crippen molar-refractivity contribution in [2.24, 2.45) is 5.92 Å². The Bertz CT molecular complexity index is 1040. The molecule has 0 atom stereocenters. The van der Waals surface area contributed by atoms with Crippen LogP contribution in [0.25, 0.3) is 10.9 Å². The van der Waals surface area contributed by atoms with Gasteiger partial charge in [0.2, 0.25) is 0 Å². The van der Waals surface area contributed by atoms with Gasteiger partial charge in [-0.25, -0.2) is 8.78 Å². The number of fused-ring (bicyclic) bond motifs is 1. The highest BCUT2D eigenvalue weighted by Crippen LogP contribution is 2.28. The minimum Gasteiger partial charge on any atom is -0.497 e. The van der Waals surface area contributed by atoms with Crippen molar-refractivity contribution in [1.29, 1.82) is 0 Å². The van der Waals surface area contributed by atoms with Crippen LogP contribution in [0.5, 0.6) is 11.5 Å². The van der Waals surface area contributed by atoms with Crippen LogP contribution in [0.1, 0.15) is 31.2 Å². The molecule has 0 aliphatic carbocycles. The third kappa shape index (κ3) is 5.74. The zero-order valence-electron chi connectivity index (χ0n) is 18.5. The molecule has 0 bridgehead atoms. The Morgan fingerprint density at radius 3 is 2.69 bits per heavy atom. The molecule has 2 heterocycles. The molecule has 1 saturated heterocycles. The first-order chi connectivity index (χ1) is 15.6. The van der Waals surface area contributed by atoms with E-state index in [1.807, 2.05) is 18.2 Å². The van der Waals surface area contributed by atoms with Crippen molar-refractivity contribution in [2.45, 2.75) is 32.1 Å². The van der Waals surface area contributed by atoms with E-state index in [9.17, 15) is 8.78 Å². The molecule has 3 aromatic rings. The Labute approximate surface area is 188 Å². The number of ether oxygens (including phenoxy) is 2. The normalized spacial score (nSPS) is 15.2. The Kier molecular flexibility index (Phi) is 7.53. The van der Waals surface area contributed by atoms with Crippen molar-refractivity contribution in [1.82, 2.24) is 9.88 Å². The summed E-state index contributed by atoms with van der Waals surface area (Å²) >= 11 is 0. The Morgan fingerprint density at radius 2 is 1.91 bits per heavy atom. The van der Waals surface area contributed by atoms with Gasteiger partial charge < -0.3 is 9.47 Å². The highest BCUT2D eigenvalue weighted by molar-refractivity contribution is 5.83. The zero-order valence-corrected chi connectivity index (χ0v) is 18.5. The number of likely N-dealkylation sites (tertiary alicyclic amines) is 1. The molecule has 0 unspecified atom stereocenters. The molecular formula is C26H30F2N2O2. The van der Waals surface area contributed by atoms with Crippen LogP contribution in [-0.2, 0) is 6.42 Å². The predicted octanol–water partition coefficient (Wildman–Crippen LogP) is 5.64. The van der Waals surface area contributed by atoms with E-state index in [-0.39, 0.29) is 11.6 Å². The van der Waals surface area contributed by atoms with Crippen molar-refractivity contribution in [3.63, 3.8) is 0 Å². The number of piperidine rings is 1. The summed E-state index contributed by atoms with van der Waals surface area (Å²) in [5, 5.41) is 0.845. The standard InChI is InChI=1S/C26H30F2N2O2/c1-31-21-8-9-26-24(17-21)23(25(28)18-29-26)7-2-4-19-10-12-30(13-11-19)14-15-32-22-6-3-5-20(27)16-22/h3,5-6,8-9,16-19H,2,4,7,10-15H2,1H3. The van der Waals surface area contributed by atoms with E-state index in [0.29, 0.717) is 24.7 Å². The van der Waals surface area contributed by atoms with Crippen molar-refractivity contribution >= 4 is 10.9 Å². The van der Waals surface area contributed by atoms with Crippen LogP contribution in [0, 0.1) is 17.6 Å². The molecule has 1 aromatic heterocycles. The molecular weight excluding hydrogens is 410 g/mol. The summed E-state index contributed by atoms with van der Waals surface area (Å²) in [6.45, 7) is 3.49. The Hall–Kier alpha value is -2.73. The molecule has 0 N–H and O–H groups in total. The first-order valence-electron chi connectivity index (χ1n) is 11.3. The summed E-state index contributed by atoms with van der Waals surface area (Å²) in [6.07, 6.45) is 6.39. The average Bonchev–Trinajstić information content (AvgIpc) is 2.81. The van der Waals surface area contributed by atoms with E-state index in [0.717, 1.165) is 67.5 Å². The maximum absolute atomic E-state index is 14.5. The fourth-order valence-corrected chi connectivity index (χ4v) is 4.50. The fourth-order valence-electron chi connectivity index (χ4n) is 4.50. The second-order valence-corrected chi connectivity index (χ2v) is 8.45. The van der Waals surface area contributed by atoms with E-state index < -0.39 is 0 Å². The van der Waals surface area contributed by atoms with E-state index in [1.165, 1.54) is 18.3 Å². The van der Waals surface area contributed by atoms with Gasteiger partial charge in [0, 0.05) is 18.0 Å². The van der Waals surface area contributed by atoms with E-state index in [4.69, 9.17) is 9.47 Å². The number of benzene rings is 2. The minimum atomic E-state index is -0.276. The number of pyridine rings is 1. The van der Waals surface area contributed by atoms with Crippen LogP contribution in [0.2, 0.25) is 0 Å². The van der Waals surface area contributed by atoms with Crippen molar-refractivity contribution in [2.75, 3.05) is 33.4 Å². The largest absolute Gasteiger partial charge is 0.497 e. The lowest BCUT2D eigenvalue weighted by atomic mass is 9.90. The third-order valence-corrected chi connectivity index (χ3v) is 6.35. The molecule has 6 heteroatoms. The van der Waals surface area contributed by atoms with Crippen LogP contribution in [0.15, 0.2) is 48.7 Å². The highest BCUT2D eigenvalue weighted by atomic mass is 19.1. The molecule has 1 fully saturated rings. The first kappa shape index (κ1) is 22.5. The molecule has 32 heavy (non-hydrogen) atoms. The predicted molar refractivity (Wildman–Crippen MR) is 122 cm³/mol. The fraction of sp³-hybridized carbons (Fsp3) is 0.423. The van der Waals surface area contributed by atoms with Crippen LogP contribution < -0.4 is 9.47 Å². The first-order valence-corrected chi connectivity index (χ1v) is 11.3. The Balaban J connectivity index is 1.21. The zero-order chi connectivity index (χ0) is 22.3. The van der Waals surface area contributed by atoms with Gasteiger partial charge in [0.15, 0.2) is 0 Å². The molecule has 1 aliphatic rings. The van der Waals surface area contributed by atoms with Gasteiger partial charge in [-0.3, -0.25) is 9.88 Å². The molecule has 0 spiro atoms. The second kappa shape index (κ2) is 10.7. The number of hydrogen-bond acceptors (Lipinski definition) is 4. The molecule has 2 aromatic carbocycles. The van der Waals surface area contributed by atoms with Gasteiger partial charge in [0.25, 0.3) is 0 Å². The quantitative estimate of drug-likeness (QED) is 0.432. The van der Waals surface area contributed by atoms with Crippen LogP contribution in [-0.4, -0.2) is 43.2 Å². The second-order valence-electron chi connectivity index (χ2n) is 8.45. The number of halogens is 2. The number of hydrogen-bond donors (Lipinski definition) is 0. The van der Waals surface area contributed by atoms with Gasteiger partial charge in [0.1, 0.15) is 29.7 Å². The van der Waals surface area contributed by atoms with Crippen LogP contribution >= 0.6 is 0 Å². The summed E-state index contributed by atoms with van der Waals surface area (Å²) in [5.41, 5.74) is 1.54. The lowest BCUT2D eigenvalue weighted by Crippen LogP contribution is -2.36. The summed E-state index contributed by atoms with van der Waals surface area (Å²) in [7, 11) is 1.62. The maximum atomic E-state index is 14.5. The molecule has 4 rings (SSSR count). The number of nitrogens with zero attached hydrogens (tertiary/aromatic N) is 2. The molecule has 0 radical (unpaired) electrons. The third-order valence-electron chi connectivity index (χ3n) is 6.35. The summed E-state index contributed by atoms with van der Waals surface area (Å²) in [6, 6.07) is 11.9.